The maximum atomic E-state index is 11.2. The number of oxazole rings is 1. The Labute approximate surface area is 190 Å². The Morgan fingerprint density at radius 1 is 1.19 bits per heavy atom. The molecule has 0 radical (unpaired) electrons. The van der Waals surface area contributed by atoms with E-state index >= 15 is 0 Å². The highest BCUT2D eigenvalue weighted by molar-refractivity contribution is 7.22. The predicted octanol–water partition coefficient (Wildman–Crippen LogP) is 5.52. The summed E-state index contributed by atoms with van der Waals surface area (Å²) in [5.74, 6) is 1.21. The maximum absolute atomic E-state index is 11.2. The Morgan fingerprint density at radius 3 is 2.69 bits per heavy atom. The summed E-state index contributed by atoms with van der Waals surface area (Å²) in [7, 11) is 0. The number of benzene rings is 2. The summed E-state index contributed by atoms with van der Waals surface area (Å²) >= 11 is 1.67. The molecule has 0 amide bonds. The Bertz CT molecular complexity index is 1160. The standard InChI is InChI=1S/C25H25NO5S/c1-3-29-21(25(27)28)14-17-8-10-19(11-9-17)30-13-12-20-16(2)31-24(26-20)23-15-18-6-4-5-7-22(18)32-23/h4-11,15,21H,3,12-14H2,1-2H3,(H,27,28)/t21-/m0/s1. The minimum atomic E-state index is -0.954. The molecule has 0 saturated carbocycles. The molecule has 4 aromatic rings. The molecule has 2 aromatic heterocycles. The third-order valence-corrected chi connectivity index (χ3v) is 6.23. The summed E-state index contributed by atoms with van der Waals surface area (Å²) in [6.07, 6.45) is 0.118. The average Bonchev–Trinajstić information content (AvgIpc) is 3.38. The molecule has 0 aliphatic carbocycles. The minimum absolute atomic E-state index is 0.322. The molecule has 2 aromatic carbocycles. The number of ether oxygens (including phenoxy) is 2. The molecule has 2 heterocycles. The summed E-state index contributed by atoms with van der Waals surface area (Å²) in [4.78, 5) is 16.9. The third-order valence-electron chi connectivity index (χ3n) is 5.12. The van der Waals surface area contributed by atoms with Crippen LogP contribution in [-0.2, 0) is 22.4 Å². The average molecular weight is 452 g/mol. The molecule has 0 bridgehead atoms. The Morgan fingerprint density at radius 2 is 1.97 bits per heavy atom. The zero-order valence-electron chi connectivity index (χ0n) is 18.0. The van der Waals surface area contributed by atoms with Crippen molar-refractivity contribution in [1.29, 1.82) is 0 Å². The van der Waals surface area contributed by atoms with E-state index in [4.69, 9.17) is 13.9 Å². The van der Waals surface area contributed by atoms with Crippen molar-refractivity contribution in [2.45, 2.75) is 32.8 Å². The Hall–Kier alpha value is -3.16. The zero-order chi connectivity index (χ0) is 22.5. The zero-order valence-corrected chi connectivity index (χ0v) is 18.9. The van der Waals surface area contributed by atoms with E-state index in [1.165, 1.54) is 10.1 Å². The molecule has 1 atom stereocenters. The van der Waals surface area contributed by atoms with Gasteiger partial charge < -0.3 is 19.0 Å². The lowest BCUT2D eigenvalue weighted by atomic mass is 10.1. The summed E-state index contributed by atoms with van der Waals surface area (Å²) < 4.78 is 18.2. The Kier molecular flexibility index (Phi) is 6.87. The number of aryl methyl sites for hydroxylation is 1. The van der Waals surface area contributed by atoms with Crippen molar-refractivity contribution >= 4 is 27.4 Å². The first-order chi connectivity index (χ1) is 15.5. The van der Waals surface area contributed by atoms with E-state index in [2.05, 4.69) is 23.2 Å². The van der Waals surface area contributed by atoms with Crippen molar-refractivity contribution in [3.63, 3.8) is 0 Å². The molecule has 166 valence electrons. The van der Waals surface area contributed by atoms with Gasteiger partial charge in [-0.05, 0) is 49.1 Å². The third kappa shape index (κ3) is 5.18. The molecule has 0 aliphatic rings. The fourth-order valence-corrected chi connectivity index (χ4v) is 4.46. The maximum Gasteiger partial charge on any atom is 0.333 e. The van der Waals surface area contributed by atoms with Gasteiger partial charge in [-0.25, -0.2) is 9.78 Å². The smallest absolute Gasteiger partial charge is 0.333 e. The second-order valence-electron chi connectivity index (χ2n) is 7.40. The molecule has 4 rings (SSSR count). The van der Waals surface area contributed by atoms with E-state index < -0.39 is 12.1 Å². The predicted molar refractivity (Wildman–Crippen MR) is 124 cm³/mol. The van der Waals surface area contributed by atoms with E-state index in [1.807, 2.05) is 43.3 Å². The quantitative estimate of drug-likeness (QED) is 0.342. The molecule has 0 aliphatic heterocycles. The number of nitrogens with zero attached hydrogens (tertiary/aromatic N) is 1. The second-order valence-corrected chi connectivity index (χ2v) is 8.48. The van der Waals surface area contributed by atoms with Crippen LogP contribution >= 0.6 is 11.3 Å². The van der Waals surface area contributed by atoms with Gasteiger partial charge in [0.05, 0.1) is 17.2 Å². The van der Waals surface area contributed by atoms with Gasteiger partial charge in [0.15, 0.2) is 6.10 Å². The van der Waals surface area contributed by atoms with Crippen LogP contribution in [0.25, 0.3) is 20.9 Å². The van der Waals surface area contributed by atoms with E-state index in [1.54, 1.807) is 18.3 Å². The van der Waals surface area contributed by atoms with Gasteiger partial charge in [0, 0.05) is 24.1 Å². The number of rotatable bonds is 10. The van der Waals surface area contributed by atoms with E-state index in [9.17, 15) is 9.90 Å². The van der Waals surface area contributed by atoms with Gasteiger partial charge in [0.25, 0.3) is 0 Å². The highest BCUT2D eigenvalue weighted by atomic mass is 32.1. The van der Waals surface area contributed by atoms with Gasteiger partial charge in [-0.2, -0.15) is 0 Å². The number of hydrogen-bond donors (Lipinski definition) is 1. The molecule has 0 unspecified atom stereocenters. The van der Waals surface area contributed by atoms with E-state index in [0.717, 1.165) is 27.6 Å². The van der Waals surface area contributed by atoms with Gasteiger partial charge >= 0.3 is 5.97 Å². The van der Waals surface area contributed by atoms with Crippen LogP contribution in [0.3, 0.4) is 0 Å². The van der Waals surface area contributed by atoms with Crippen LogP contribution in [0.5, 0.6) is 5.75 Å². The van der Waals surface area contributed by atoms with Crippen molar-refractivity contribution in [1.82, 2.24) is 4.98 Å². The number of carbonyl (C=O) groups is 1. The topological polar surface area (TPSA) is 81.8 Å². The molecule has 0 saturated heterocycles. The van der Waals surface area contributed by atoms with E-state index in [-0.39, 0.29) is 0 Å². The van der Waals surface area contributed by atoms with Gasteiger partial charge in [-0.15, -0.1) is 11.3 Å². The number of hydrogen-bond acceptors (Lipinski definition) is 6. The molecule has 0 spiro atoms. The molecule has 7 heteroatoms. The minimum Gasteiger partial charge on any atom is -0.493 e. The summed E-state index contributed by atoms with van der Waals surface area (Å²) in [5, 5.41) is 10.4. The van der Waals surface area contributed by atoms with Gasteiger partial charge in [0.2, 0.25) is 5.89 Å². The van der Waals surface area contributed by atoms with Crippen LogP contribution in [0.4, 0.5) is 0 Å². The van der Waals surface area contributed by atoms with Crippen LogP contribution in [0.1, 0.15) is 23.9 Å². The molecular formula is C25H25NO5S. The lowest BCUT2D eigenvalue weighted by Crippen LogP contribution is -2.26. The fourth-order valence-electron chi connectivity index (χ4n) is 3.47. The first kappa shape index (κ1) is 22.0. The molecule has 6 nitrogen and oxygen atoms in total. The van der Waals surface area contributed by atoms with Gasteiger partial charge in [-0.1, -0.05) is 30.3 Å². The number of aromatic nitrogens is 1. The molecular weight excluding hydrogens is 426 g/mol. The largest absolute Gasteiger partial charge is 0.493 e. The molecule has 32 heavy (non-hydrogen) atoms. The first-order valence-corrected chi connectivity index (χ1v) is 11.4. The lowest BCUT2D eigenvalue weighted by molar-refractivity contribution is -0.149. The van der Waals surface area contributed by atoms with Gasteiger partial charge in [-0.3, -0.25) is 0 Å². The normalized spacial score (nSPS) is 12.2. The van der Waals surface area contributed by atoms with Crippen LogP contribution in [0, 0.1) is 6.92 Å². The van der Waals surface area contributed by atoms with Crippen molar-refractivity contribution in [3.8, 4) is 16.5 Å². The fraction of sp³-hybridized carbons (Fsp3) is 0.280. The molecule has 0 fully saturated rings. The lowest BCUT2D eigenvalue weighted by Gasteiger charge is -2.12. The van der Waals surface area contributed by atoms with Crippen molar-refractivity contribution in [3.05, 3.63) is 71.6 Å². The Balaban J connectivity index is 1.34. The van der Waals surface area contributed by atoms with Crippen molar-refractivity contribution in [2.24, 2.45) is 0 Å². The highest BCUT2D eigenvalue weighted by Gasteiger charge is 2.18. The van der Waals surface area contributed by atoms with Gasteiger partial charge in [0.1, 0.15) is 11.5 Å². The number of aliphatic carboxylic acids is 1. The first-order valence-electron chi connectivity index (χ1n) is 10.5. The van der Waals surface area contributed by atoms with Crippen LogP contribution in [0.15, 0.2) is 59.0 Å². The number of carboxylic acids is 1. The summed E-state index contributed by atoms with van der Waals surface area (Å²) in [6.45, 7) is 4.54. The summed E-state index contributed by atoms with van der Waals surface area (Å²) in [5.41, 5.74) is 1.77. The van der Waals surface area contributed by atoms with Crippen molar-refractivity contribution in [2.75, 3.05) is 13.2 Å². The monoisotopic (exact) mass is 451 g/mol. The van der Waals surface area contributed by atoms with Crippen LogP contribution in [0.2, 0.25) is 0 Å². The SMILES string of the molecule is CCO[C@@H](Cc1ccc(OCCc2nc(-c3cc4ccccc4s3)oc2C)cc1)C(=O)O. The number of carboxylic acid groups (broad SMARTS) is 1. The van der Waals surface area contributed by atoms with Crippen LogP contribution in [-0.4, -0.2) is 35.4 Å². The van der Waals surface area contributed by atoms with Crippen molar-refractivity contribution < 1.29 is 23.8 Å². The molecule has 1 N–H and O–H groups in total. The number of fused-ring (bicyclic) bond motifs is 1. The second kappa shape index (κ2) is 9.97. The number of thiophene rings is 1. The van der Waals surface area contributed by atoms with Crippen LogP contribution < -0.4 is 4.74 Å². The summed E-state index contributed by atoms with van der Waals surface area (Å²) in [6, 6.07) is 17.8. The van der Waals surface area contributed by atoms with E-state index in [0.29, 0.717) is 31.9 Å². The highest BCUT2D eigenvalue weighted by Crippen LogP contribution is 2.33.